The van der Waals surface area contributed by atoms with Crippen LogP contribution in [0.1, 0.15) is 46.0 Å². The van der Waals surface area contributed by atoms with E-state index < -0.39 is 24.4 Å². The molecule has 0 saturated heterocycles. The molecule has 0 atom stereocenters. The van der Waals surface area contributed by atoms with Crippen LogP contribution in [-0.4, -0.2) is 34.5 Å². The van der Waals surface area contributed by atoms with Gasteiger partial charge in [0.05, 0.1) is 16.9 Å². The highest BCUT2D eigenvalue weighted by Gasteiger charge is 2.25. The van der Waals surface area contributed by atoms with Crippen LogP contribution in [0.2, 0.25) is 0 Å². The van der Waals surface area contributed by atoms with Gasteiger partial charge in [-0.25, -0.2) is 0 Å². The molecule has 3 aromatic heterocycles. The first kappa shape index (κ1) is 21.2. The summed E-state index contributed by atoms with van der Waals surface area (Å²) in [5.74, 6) is -0.853. The molecule has 3 N–H and O–H groups in total. The lowest BCUT2D eigenvalue weighted by Crippen LogP contribution is -2.23. The summed E-state index contributed by atoms with van der Waals surface area (Å²) in [6.45, 7) is -0.454. The molecule has 0 aliphatic heterocycles. The van der Waals surface area contributed by atoms with Crippen LogP contribution < -0.4 is 11.1 Å². The Labute approximate surface area is 185 Å². The molecule has 0 fully saturated rings. The van der Waals surface area contributed by atoms with Gasteiger partial charge in [0.15, 0.2) is 6.61 Å². The number of nitrogens with two attached hydrogens (primary N) is 1. The zero-order chi connectivity index (χ0) is 21.8. The lowest BCUT2D eigenvalue weighted by molar-refractivity contribution is -0.147. The number of fused-ring (bicyclic) bond motifs is 1. The Bertz CT molecular complexity index is 1100. The lowest BCUT2D eigenvalue weighted by atomic mass is 9.95. The van der Waals surface area contributed by atoms with E-state index >= 15 is 0 Å². The number of amides is 2. The number of thiophene rings is 2. The Hall–Kier alpha value is -3.05. The van der Waals surface area contributed by atoms with Crippen LogP contribution in [-0.2, 0) is 33.6 Å². The van der Waals surface area contributed by atoms with E-state index in [-0.39, 0.29) is 12.8 Å². The standard InChI is InChI=1S/C20H20N4O5S2/c21-18(27)17-11-4-1-2-5-12(11)31-20(17)22-14(25)10-28-16(26)8-7-15-23-19(24-29-15)13-6-3-9-30-13/h3,6,9H,1-2,4-5,7-8,10H2,(H2,21,27)(H,22,25). The third-order valence-corrected chi connectivity index (χ3v) is 6.86. The molecule has 0 saturated carbocycles. The molecule has 0 radical (unpaired) electrons. The molecule has 9 nitrogen and oxygen atoms in total. The first-order chi connectivity index (χ1) is 15.0. The van der Waals surface area contributed by atoms with Crippen molar-refractivity contribution in [3.05, 3.63) is 39.4 Å². The number of anilines is 1. The van der Waals surface area contributed by atoms with Crippen LogP contribution in [0.3, 0.4) is 0 Å². The maximum absolute atomic E-state index is 12.2. The number of ether oxygens (including phenoxy) is 1. The van der Waals surface area contributed by atoms with Crippen molar-refractivity contribution in [3.63, 3.8) is 0 Å². The van der Waals surface area contributed by atoms with E-state index in [2.05, 4.69) is 15.5 Å². The van der Waals surface area contributed by atoms with Gasteiger partial charge >= 0.3 is 5.97 Å². The summed E-state index contributed by atoms with van der Waals surface area (Å²) in [5, 5.41) is 8.87. The van der Waals surface area contributed by atoms with Gasteiger partial charge in [-0.1, -0.05) is 11.2 Å². The molecule has 0 bridgehead atoms. The molecule has 3 heterocycles. The Morgan fingerprint density at radius 3 is 2.87 bits per heavy atom. The topological polar surface area (TPSA) is 137 Å². The molecule has 11 heteroatoms. The van der Waals surface area contributed by atoms with Gasteiger partial charge in [0.25, 0.3) is 11.8 Å². The zero-order valence-electron chi connectivity index (χ0n) is 16.5. The molecule has 0 aromatic carbocycles. The third kappa shape index (κ3) is 5.00. The van der Waals surface area contributed by atoms with Crippen molar-refractivity contribution < 1.29 is 23.6 Å². The second kappa shape index (κ2) is 9.40. The highest BCUT2D eigenvalue weighted by Crippen LogP contribution is 2.37. The van der Waals surface area contributed by atoms with Gasteiger partial charge in [-0.2, -0.15) is 4.98 Å². The number of aromatic nitrogens is 2. The predicted octanol–water partition coefficient (Wildman–Crippen LogP) is 2.95. The number of hydrogen-bond acceptors (Lipinski definition) is 9. The Balaban J connectivity index is 1.27. The average molecular weight is 461 g/mol. The van der Waals surface area contributed by atoms with Crippen molar-refractivity contribution >= 4 is 45.5 Å². The van der Waals surface area contributed by atoms with Crippen molar-refractivity contribution in [1.82, 2.24) is 10.1 Å². The number of carbonyl (C=O) groups is 3. The number of nitrogens with zero attached hydrogens (tertiary/aromatic N) is 2. The monoisotopic (exact) mass is 460 g/mol. The highest BCUT2D eigenvalue weighted by atomic mass is 32.1. The van der Waals surface area contributed by atoms with Gasteiger partial charge in [0, 0.05) is 11.3 Å². The highest BCUT2D eigenvalue weighted by molar-refractivity contribution is 7.17. The summed E-state index contributed by atoms with van der Waals surface area (Å²) in [4.78, 5) is 42.3. The number of nitrogens with one attached hydrogen (secondary N) is 1. The summed E-state index contributed by atoms with van der Waals surface area (Å²) < 4.78 is 10.2. The van der Waals surface area contributed by atoms with Gasteiger partial charge in [0.2, 0.25) is 11.7 Å². The minimum Gasteiger partial charge on any atom is -0.456 e. The fourth-order valence-corrected chi connectivity index (χ4v) is 5.33. The zero-order valence-corrected chi connectivity index (χ0v) is 18.1. The van der Waals surface area contributed by atoms with Gasteiger partial charge < -0.3 is 20.3 Å². The molecule has 0 unspecified atom stereocenters. The molecule has 1 aliphatic carbocycles. The Morgan fingerprint density at radius 2 is 2.10 bits per heavy atom. The van der Waals surface area contributed by atoms with Crippen molar-refractivity contribution in [2.45, 2.75) is 38.5 Å². The Kier molecular flexibility index (Phi) is 6.42. The van der Waals surface area contributed by atoms with E-state index in [0.717, 1.165) is 41.0 Å². The summed E-state index contributed by atoms with van der Waals surface area (Å²) in [6.07, 6.45) is 3.89. The lowest BCUT2D eigenvalue weighted by Gasteiger charge is -2.11. The van der Waals surface area contributed by atoms with Crippen molar-refractivity contribution in [2.75, 3.05) is 11.9 Å². The smallest absolute Gasteiger partial charge is 0.306 e. The summed E-state index contributed by atoms with van der Waals surface area (Å²) in [7, 11) is 0. The van der Waals surface area contributed by atoms with E-state index in [1.54, 1.807) is 0 Å². The molecule has 3 aromatic rings. The second-order valence-corrected chi connectivity index (χ2v) is 9.03. The van der Waals surface area contributed by atoms with Crippen LogP contribution in [0.4, 0.5) is 5.00 Å². The first-order valence-corrected chi connectivity index (χ1v) is 11.5. The van der Waals surface area contributed by atoms with E-state index in [0.29, 0.717) is 22.3 Å². The van der Waals surface area contributed by atoms with E-state index in [1.165, 1.54) is 22.7 Å². The predicted molar refractivity (Wildman–Crippen MR) is 115 cm³/mol. The van der Waals surface area contributed by atoms with Crippen LogP contribution in [0.5, 0.6) is 0 Å². The second-order valence-electron chi connectivity index (χ2n) is 6.98. The number of primary amides is 1. The molecule has 0 spiro atoms. The van der Waals surface area contributed by atoms with Gasteiger partial charge in [0.1, 0.15) is 5.00 Å². The number of hydrogen-bond donors (Lipinski definition) is 2. The average Bonchev–Trinajstić information content (AvgIpc) is 3.49. The van der Waals surface area contributed by atoms with Gasteiger partial charge in [-0.15, -0.1) is 22.7 Å². The summed E-state index contributed by atoms with van der Waals surface area (Å²) >= 11 is 2.85. The summed E-state index contributed by atoms with van der Waals surface area (Å²) in [5.41, 5.74) is 6.82. The van der Waals surface area contributed by atoms with Crippen LogP contribution in [0.15, 0.2) is 22.0 Å². The SMILES string of the molecule is NC(=O)c1c(NC(=O)COC(=O)CCc2nc(-c3cccs3)no2)sc2c1CCCC2. The van der Waals surface area contributed by atoms with Crippen LogP contribution in [0, 0.1) is 0 Å². The number of rotatable bonds is 8. The fourth-order valence-electron chi connectivity index (χ4n) is 3.37. The van der Waals surface area contributed by atoms with Gasteiger partial charge in [-0.3, -0.25) is 14.4 Å². The van der Waals surface area contributed by atoms with Crippen LogP contribution in [0.25, 0.3) is 10.7 Å². The molecule has 2 amide bonds. The summed E-state index contributed by atoms with van der Waals surface area (Å²) in [6, 6.07) is 3.76. The minimum absolute atomic E-state index is 0.000806. The number of aryl methyl sites for hydroxylation is 2. The maximum atomic E-state index is 12.2. The number of esters is 1. The molecular weight excluding hydrogens is 440 g/mol. The molecule has 1 aliphatic rings. The number of carbonyl (C=O) groups excluding carboxylic acids is 3. The van der Waals surface area contributed by atoms with E-state index in [1.807, 2.05) is 17.5 Å². The molecule has 31 heavy (non-hydrogen) atoms. The molecule has 4 rings (SSSR count). The van der Waals surface area contributed by atoms with Crippen LogP contribution >= 0.6 is 22.7 Å². The largest absolute Gasteiger partial charge is 0.456 e. The molecular formula is C20H20N4O5S2. The first-order valence-electron chi connectivity index (χ1n) is 9.77. The van der Waals surface area contributed by atoms with Crippen molar-refractivity contribution in [2.24, 2.45) is 5.73 Å². The molecule has 162 valence electrons. The van der Waals surface area contributed by atoms with Crippen molar-refractivity contribution in [1.29, 1.82) is 0 Å². The quantitative estimate of drug-likeness (QED) is 0.493. The maximum Gasteiger partial charge on any atom is 0.306 e. The third-order valence-electron chi connectivity index (χ3n) is 4.79. The Morgan fingerprint density at radius 1 is 1.26 bits per heavy atom. The normalized spacial score (nSPS) is 12.9. The van der Waals surface area contributed by atoms with E-state index in [4.69, 9.17) is 15.0 Å². The minimum atomic E-state index is -0.563. The fraction of sp³-hybridized carbons (Fsp3) is 0.350. The van der Waals surface area contributed by atoms with Crippen molar-refractivity contribution in [3.8, 4) is 10.7 Å². The van der Waals surface area contributed by atoms with E-state index in [9.17, 15) is 14.4 Å². The van der Waals surface area contributed by atoms with Gasteiger partial charge in [-0.05, 0) is 42.7 Å².